The van der Waals surface area contributed by atoms with Gasteiger partial charge in [0.25, 0.3) is 0 Å². The number of hydrogen-bond donors (Lipinski definition) is 2. The molecular weight excluding hydrogens is 190 g/mol. The van der Waals surface area contributed by atoms with E-state index < -0.39 is 0 Å². The van der Waals surface area contributed by atoms with Gasteiger partial charge in [0.15, 0.2) is 11.6 Å². The van der Waals surface area contributed by atoms with Crippen molar-refractivity contribution in [2.45, 2.75) is 32.2 Å². The van der Waals surface area contributed by atoms with Crippen LogP contribution >= 0.6 is 0 Å². The van der Waals surface area contributed by atoms with Gasteiger partial charge in [-0.3, -0.25) is 0 Å². The van der Waals surface area contributed by atoms with Gasteiger partial charge in [0.05, 0.1) is 0 Å². The van der Waals surface area contributed by atoms with Crippen LogP contribution in [0, 0.1) is 0 Å². The van der Waals surface area contributed by atoms with Gasteiger partial charge in [-0.2, -0.15) is 0 Å². The zero-order valence-electron chi connectivity index (χ0n) is 8.98. The smallest absolute Gasteiger partial charge is 0.157 e. The molecule has 1 atom stereocenters. The van der Waals surface area contributed by atoms with E-state index in [1.807, 2.05) is 0 Å². The lowest BCUT2D eigenvalue weighted by molar-refractivity contribution is 0.481. The first-order valence-corrected chi connectivity index (χ1v) is 5.32. The molecular formula is C10H17N5. The normalized spacial score (nSPS) is 21.7. The molecule has 5 nitrogen and oxygen atoms in total. The second kappa shape index (κ2) is 3.92. The highest BCUT2D eigenvalue weighted by Crippen LogP contribution is 2.29. The Balaban J connectivity index is 2.31. The molecule has 1 aliphatic rings. The minimum Gasteiger partial charge on any atom is -0.393 e. The Morgan fingerprint density at radius 1 is 1.33 bits per heavy atom. The molecule has 0 amide bonds. The lowest BCUT2D eigenvalue weighted by Crippen LogP contribution is -2.38. The summed E-state index contributed by atoms with van der Waals surface area (Å²) in [6.07, 6.45) is 5.12. The van der Waals surface area contributed by atoms with Gasteiger partial charge in [-0.05, 0) is 26.2 Å². The monoisotopic (exact) mass is 207 g/mol. The fourth-order valence-corrected chi connectivity index (χ4v) is 2.04. The number of hydrogen-bond acceptors (Lipinski definition) is 5. The zero-order valence-corrected chi connectivity index (χ0v) is 8.98. The van der Waals surface area contributed by atoms with Crippen molar-refractivity contribution in [1.29, 1.82) is 0 Å². The van der Waals surface area contributed by atoms with Crippen LogP contribution in [0.1, 0.15) is 26.2 Å². The number of aromatic nitrogens is 2. The third kappa shape index (κ3) is 1.82. The molecule has 15 heavy (non-hydrogen) atoms. The molecule has 1 saturated heterocycles. The summed E-state index contributed by atoms with van der Waals surface area (Å²) in [6, 6.07) is 0.482. The Labute approximate surface area is 89.5 Å². The van der Waals surface area contributed by atoms with E-state index in [2.05, 4.69) is 21.8 Å². The standard InChI is InChI=1S/C10H17N5/c1-7-4-2-3-5-15(7)10-8(11)9(12)13-6-14-10/h6-7H,2-5,11H2,1H3,(H2,12,13,14). The van der Waals surface area contributed by atoms with Crippen molar-refractivity contribution < 1.29 is 0 Å². The highest BCUT2D eigenvalue weighted by Gasteiger charge is 2.22. The molecule has 1 aliphatic heterocycles. The fourth-order valence-electron chi connectivity index (χ4n) is 2.04. The topological polar surface area (TPSA) is 81.1 Å². The molecule has 0 aromatic carbocycles. The maximum atomic E-state index is 5.88. The predicted octanol–water partition coefficient (Wildman–Crippen LogP) is 1.02. The molecule has 0 saturated carbocycles. The molecule has 1 fully saturated rings. The maximum absolute atomic E-state index is 5.88. The minimum atomic E-state index is 0.373. The Hall–Kier alpha value is -1.52. The average molecular weight is 207 g/mol. The Morgan fingerprint density at radius 2 is 2.13 bits per heavy atom. The average Bonchev–Trinajstić information content (AvgIpc) is 2.23. The van der Waals surface area contributed by atoms with Crippen molar-refractivity contribution in [3.63, 3.8) is 0 Å². The number of piperidine rings is 1. The lowest BCUT2D eigenvalue weighted by Gasteiger charge is -2.34. The summed E-state index contributed by atoms with van der Waals surface area (Å²) in [6.45, 7) is 3.19. The third-order valence-electron chi connectivity index (χ3n) is 2.97. The number of nitrogens with zero attached hydrogens (tertiary/aromatic N) is 3. The summed E-state index contributed by atoms with van der Waals surface area (Å²) < 4.78 is 0. The van der Waals surface area contributed by atoms with Gasteiger partial charge in [0, 0.05) is 12.6 Å². The number of nitrogens with two attached hydrogens (primary N) is 2. The molecule has 0 radical (unpaired) electrons. The first-order valence-electron chi connectivity index (χ1n) is 5.32. The molecule has 4 N–H and O–H groups in total. The molecule has 1 unspecified atom stereocenters. The lowest BCUT2D eigenvalue weighted by atomic mass is 10.0. The van der Waals surface area contributed by atoms with Crippen LogP contribution in [-0.2, 0) is 0 Å². The van der Waals surface area contributed by atoms with E-state index in [1.165, 1.54) is 25.6 Å². The van der Waals surface area contributed by atoms with E-state index in [4.69, 9.17) is 11.5 Å². The second-order valence-electron chi connectivity index (χ2n) is 4.03. The van der Waals surface area contributed by atoms with E-state index >= 15 is 0 Å². The van der Waals surface area contributed by atoms with Crippen molar-refractivity contribution in [1.82, 2.24) is 9.97 Å². The van der Waals surface area contributed by atoms with Crippen LogP contribution in [0.25, 0.3) is 0 Å². The summed E-state index contributed by atoms with van der Waals surface area (Å²) >= 11 is 0. The Kier molecular flexibility index (Phi) is 2.62. The van der Waals surface area contributed by atoms with Gasteiger partial charge >= 0.3 is 0 Å². The fraction of sp³-hybridized carbons (Fsp3) is 0.600. The second-order valence-corrected chi connectivity index (χ2v) is 4.03. The molecule has 5 heteroatoms. The number of anilines is 3. The number of rotatable bonds is 1. The van der Waals surface area contributed by atoms with Crippen LogP contribution in [0.15, 0.2) is 6.33 Å². The summed E-state index contributed by atoms with van der Waals surface area (Å²) in [5.74, 6) is 1.16. The van der Waals surface area contributed by atoms with E-state index in [-0.39, 0.29) is 0 Å². The predicted molar refractivity (Wildman–Crippen MR) is 61.5 cm³/mol. The molecule has 1 aromatic rings. The summed E-state index contributed by atoms with van der Waals surface area (Å²) in [7, 11) is 0. The van der Waals surface area contributed by atoms with Gasteiger partial charge < -0.3 is 16.4 Å². The van der Waals surface area contributed by atoms with Gasteiger partial charge in [-0.15, -0.1) is 0 Å². The van der Waals surface area contributed by atoms with Crippen molar-refractivity contribution in [3.05, 3.63) is 6.33 Å². The van der Waals surface area contributed by atoms with Crippen molar-refractivity contribution in [3.8, 4) is 0 Å². The highest BCUT2D eigenvalue weighted by atomic mass is 15.2. The first-order chi connectivity index (χ1) is 7.20. The van der Waals surface area contributed by atoms with Gasteiger partial charge in [-0.25, -0.2) is 9.97 Å². The summed E-state index contributed by atoms with van der Waals surface area (Å²) in [4.78, 5) is 10.3. The molecule has 82 valence electrons. The van der Waals surface area contributed by atoms with E-state index in [0.29, 0.717) is 17.5 Å². The van der Waals surface area contributed by atoms with E-state index in [1.54, 1.807) is 0 Å². The molecule has 0 bridgehead atoms. The largest absolute Gasteiger partial charge is 0.393 e. The minimum absolute atomic E-state index is 0.373. The van der Waals surface area contributed by atoms with Gasteiger partial charge in [0.2, 0.25) is 0 Å². The molecule has 0 spiro atoms. The van der Waals surface area contributed by atoms with Crippen LogP contribution in [-0.4, -0.2) is 22.6 Å². The Bertz CT molecular complexity index is 352. The van der Waals surface area contributed by atoms with Gasteiger partial charge in [-0.1, -0.05) is 0 Å². The summed E-state index contributed by atoms with van der Waals surface area (Å²) in [5.41, 5.74) is 12.1. The quantitative estimate of drug-likeness (QED) is 0.718. The molecule has 2 rings (SSSR count). The van der Waals surface area contributed by atoms with Crippen LogP contribution in [0.3, 0.4) is 0 Å². The van der Waals surface area contributed by atoms with Crippen molar-refractivity contribution in [2.75, 3.05) is 22.9 Å². The van der Waals surface area contributed by atoms with Crippen LogP contribution in [0.4, 0.5) is 17.3 Å². The Morgan fingerprint density at radius 3 is 2.87 bits per heavy atom. The van der Waals surface area contributed by atoms with Crippen LogP contribution in [0.5, 0.6) is 0 Å². The van der Waals surface area contributed by atoms with E-state index in [0.717, 1.165) is 12.4 Å². The van der Waals surface area contributed by atoms with Crippen molar-refractivity contribution >= 4 is 17.3 Å². The van der Waals surface area contributed by atoms with Crippen LogP contribution in [0.2, 0.25) is 0 Å². The first kappa shape index (κ1) is 10.0. The van der Waals surface area contributed by atoms with E-state index in [9.17, 15) is 0 Å². The number of nitrogen functional groups attached to an aromatic ring is 2. The maximum Gasteiger partial charge on any atom is 0.157 e. The molecule has 2 heterocycles. The molecule has 0 aliphatic carbocycles. The van der Waals surface area contributed by atoms with Gasteiger partial charge in [0.1, 0.15) is 12.0 Å². The highest BCUT2D eigenvalue weighted by molar-refractivity contribution is 5.73. The van der Waals surface area contributed by atoms with Crippen LogP contribution < -0.4 is 16.4 Å². The zero-order chi connectivity index (χ0) is 10.8. The SMILES string of the molecule is CC1CCCCN1c1ncnc(N)c1N. The van der Waals surface area contributed by atoms with Crippen molar-refractivity contribution in [2.24, 2.45) is 0 Å². The summed E-state index contributed by atoms with van der Waals surface area (Å²) in [5, 5.41) is 0. The third-order valence-corrected chi connectivity index (χ3v) is 2.97. The molecule has 1 aromatic heterocycles.